The van der Waals surface area contributed by atoms with Crippen LogP contribution in [0.4, 0.5) is 0 Å². The molecule has 1 N–H and O–H groups in total. The summed E-state index contributed by atoms with van der Waals surface area (Å²) in [5.41, 5.74) is 0.364. The Balaban J connectivity index is 2.83. The zero-order valence-corrected chi connectivity index (χ0v) is 15.9. The molecule has 0 saturated carbocycles. The molecule has 0 saturated heterocycles. The van der Waals surface area contributed by atoms with E-state index in [1.807, 2.05) is 0 Å². The number of nitrogens with one attached hydrogen (secondary N) is 1. The summed E-state index contributed by atoms with van der Waals surface area (Å²) >= 11 is 0. The van der Waals surface area contributed by atoms with Crippen LogP contribution in [0.5, 0.6) is 0 Å². The van der Waals surface area contributed by atoms with E-state index in [0.29, 0.717) is 25.2 Å². The number of amides is 1. The third-order valence-electron chi connectivity index (χ3n) is 4.05. The number of carbonyl (C=O) groups is 1. The van der Waals surface area contributed by atoms with Crippen LogP contribution in [0.2, 0.25) is 0 Å². The van der Waals surface area contributed by atoms with Gasteiger partial charge in [-0.05, 0) is 31.3 Å². The summed E-state index contributed by atoms with van der Waals surface area (Å²) in [5, 5.41) is 2.84. The molecule has 0 fully saturated rings. The van der Waals surface area contributed by atoms with E-state index in [4.69, 9.17) is 0 Å². The number of hydrogen-bond donors (Lipinski definition) is 1. The molecule has 0 unspecified atom stereocenters. The van der Waals surface area contributed by atoms with E-state index in [1.54, 1.807) is 26.0 Å². The van der Waals surface area contributed by atoms with Crippen molar-refractivity contribution >= 4 is 15.9 Å². The second-order valence-electron chi connectivity index (χ2n) is 5.40. The van der Waals surface area contributed by atoms with Gasteiger partial charge in [0.05, 0.1) is 4.90 Å². The van der Waals surface area contributed by atoms with E-state index in [1.165, 1.54) is 16.4 Å². The lowest BCUT2D eigenvalue weighted by Crippen LogP contribution is -2.35. The van der Waals surface area contributed by atoms with Gasteiger partial charge in [0.15, 0.2) is 0 Å². The molecule has 136 valence electrons. The van der Waals surface area contributed by atoms with Gasteiger partial charge in [0.25, 0.3) is 5.91 Å². The van der Waals surface area contributed by atoms with Gasteiger partial charge in [0.1, 0.15) is 0 Å². The van der Waals surface area contributed by atoms with Crippen LogP contribution in [0.15, 0.2) is 29.2 Å². The molecule has 0 atom stereocenters. The van der Waals surface area contributed by atoms with Gasteiger partial charge < -0.3 is 10.2 Å². The lowest BCUT2D eigenvalue weighted by Gasteiger charge is -2.19. The van der Waals surface area contributed by atoms with E-state index in [2.05, 4.69) is 24.1 Å². The molecule has 0 heterocycles. The minimum absolute atomic E-state index is 0.155. The predicted molar refractivity (Wildman–Crippen MR) is 96.7 cm³/mol. The van der Waals surface area contributed by atoms with Crippen LogP contribution in [0.1, 0.15) is 38.1 Å². The number of nitrogens with zero attached hydrogens (tertiary/aromatic N) is 2. The van der Waals surface area contributed by atoms with Crippen LogP contribution < -0.4 is 5.32 Å². The van der Waals surface area contributed by atoms with Crippen molar-refractivity contribution in [1.29, 1.82) is 0 Å². The normalized spacial score (nSPS) is 11.9. The highest BCUT2D eigenvalue weighted by atomic mass is 32.2. The number of carbonyl (C=O) groups excluding carboxylic acids is 1. The van der Waals surface area contributed by atoms with Crippen molar-refractivity contribution in [3.05, 3.63) is 29.8 Å². The zero-order valence-electron chi connectivity index (χ0n) is 15.1. The molecular formula is C17H29N3O3S. The van der Waals surface area contributed by atoms with E-state index in [-0.39, 0.29) is 10.8 Å². The Hall–Kier alpha value is -1.44. The topological polar surface area (TPSA) is 69.7 Å². The van der Waals surface area contributed by atoms with Gasteiger partial charge in [-0.3, -0.25) is 4.79 Å². The Morgan fingerprint density at radius 2 is 1.67 bits per heavy atom. The fraction of sp³-hybridized carbons (Fsp3) is 0.588. The third kappa shape index (κ3) is 5.29. The minimum Gasteiger partial charge on any atom is -0.351 e. The Morgan fingerprint density at radius 1 is 1.04 bits per heavy atom. The van der Waals surface area contributed by atoms with Crippen LogP contribution in [0, 0.1) is 0 Å². The monoisotopic (exact) mass is 355 g/mol. The van der Waals surface area contributed by atoms with Crippen molar-refractivity contribution in [2.24, 2.45) is 0 Å². The lowest BCUT2D eigenvalue weighted by atomic mass is 10.2. The van der Waals surface area contributed by atoms with Crippen LogP contribution in [-0.2, 0) is 10.0 Å². The first-order valence-corrected chi connectivity index (χ1v) is 9.95. The van der Waals surface area contributed by atoms with Crippen molar-refractivity contribution in [2.75, 3.05) is 39.3 Å². The first kappa shape index (κ1) is 20.6. The number of rotatable bonds is 10. The van der Waals surface area contributed by atoms with Gasteiger partial charge in [-0.1, -0.05) is 33.8 Å². The van der Waals surface area contributed by atoms with E-state index >= 15 is 0 Å². The van der Waals surface area contributed by atoms with Crippen LogP contribution in [-0.4, -0.2) is 62.8 Å². The highest BCUT2D eigenvalue weighted by molar-refractivity contribution is 7.89. The molecule has 6 nitrogen and oxygen atoms in total. The van der Waals surface area contributed by atoms with E-state index in [9.17, 15) is 13.2 Å². The number of hydrogen-bond acceptors (Lipinski definition) is 4. The van der Waals surface area contributed by atoms with Gasteiger partial charge in [-0.25, -0.2) is 8.42 Å². The SMILES string of the molecule is CCN(CC)CCNC(=O)c1cccc(S(=O)(=O)N(CC)CC)c1. The summed E-state index contributed by atoms with van der Waals surface area (Å²) in [5.74, 6) is -0.251. The Bertz CT molecular complexity index is 624. The van der Waals surface area contributed by atoms with E-state index in [0.717, 1.165) is 19.6 Å². The summed E-state index contributed by atoms with van der Waals surface area (Å²) in [7, 11) is -3.55. The molecule has 7 heteroatoms. The van der Waals surface area contributed by atoms with Gasteiger partial charge >= 0.3 is 0 Å². The Kier molecular flexibility index (Phi) is 8.38. The van der Waals surface area contributed by atoms with Crippen molar-refractivity contribution in [3.63, 3.8) is 0 Å². The summed E-state index contributed by atoms with van der Waals surface area (Å²) in [4.78, 5) is 14.6. The fourth-order valence-electron chi connectivity index (χ4n) is 2.48. The van der Waals surface area contributed by atoms with Gasteiger partial charge in [-0.15, -0.1) is 0 Å². The second-order valence-corrected chi connectivity index (χ2v) is 7.34. The maximum absolute atomic E-state index is 12.5. The predicted octanol–water partition coefficient (Wildman–Crippen LogP) is 1.79. The molecule has 0 radical (unpaired) electrons. The van der Waals surface area contributed by atoms with Crippen molar-refractivity contribution in [1.82, 2.24) is 14.5 Å². The van der Waals surface area contributed by atoms with Gasteiger partial charge in [0, 0.05) is 31.7 Å². The molecule has 0 aliphatic rings. The van der Waals surface area contributed by atoms with Crippen molar-refractivity contribution in [3.8, 4) is 0 Å². The first-order valence-electron chi connectivity index (χ1n) is 8.51. The van der Waals surface area contributed by atoms with Crippen LogP contribution in [0.25, 0.3) is 0 Å². The maximum atomic E-state index is 12.5. The largest absolute Gasteiger partial charge is 0.351 e. The molecule has 0 bridgehead atoms. The van der Waals surface area contributed by atoms with Crippen LogP contribution >= 0.6 is 0 Å². The lowest BCUT2D eigenvalue weighted by molar-refractivity contribution is 0.0948. The standard InChI is InChI=1S/C17H29N3O3S/c1-5-19(6-2)13-12-18-17(21)15-10-9-11-16(14-15)24(22,23)20(7-3)8-4/h9-11,14H,5-8,12-13H2,1-4H3,(H,18,21). The van der Waals surface area contributed by atoms with Crippen LogP contribution in [0.3, 0.4) is 0 Å². The fourth-order valence-corrected chi connectivity index (χ4v) is 3.98. The number of likely N-dealkylation sites (N-methyl/N-ethyl adjacent to an activating group) is 1. The maximum Gasteiger partial charge on any atom is 0.251 e. The Labute approximate surface area is 145 Å². The van der Waals surface area contributed by atoms with Crippen molar-refractivity contribution < 1.29 is 13.2 Å². The molecular weight excluding hydrogens is 326 g/mol. The molecule has 1 aromatic carbocycles. The average Bonchev–Trinajstić information content (AvgIpc) is 2.59. The highest BCUT2D eigenvalue weighted by Crippen LogP contribution is 2.16. The quantitative estimate of drug-likeness (QED) is 0.695. The summed E-state index contributed by atoms with van der Waals surface area (Å²) < 4.78 is 26.5. The average molecular weight is 356 g/mol. The molecule has 0 spiro atoms. The second kappa shape index (κ2) is 9.76. The number of sulfonamides is 1. The van der Waals surface area contributed by atoms with E-state index < -0.39 is 10.0 Å². The van der Waals surface area contributed by atoms with Gasteiger partial charge in [0.2, 0.25) is 10.0 Å². The molecule has 1 amide bonds. The van der Waals surface area contributed by atoms with Gasteiger partial charge in [-0.2, -0.15) is 4.31 Å². The third-order valence-corrected chi connectivity index (χ3v) is 6.09. The molecule has 0 aliphatic carbocycles. The highest BCUT2D eigenvalue weighted by Gasteiger charge is 2.22. The molecule has 24 heavy (non-hydrogen) atoms. The minimum atomic E-state index is -3.55. The smallest absolute Gasteiger partial charge is 0.251 e. The molecule has 0 aromatic heterocycles. The first-order chi connectivity index (χ1) is 11.4. The molecule has 0 aliphatic heterocycles. The van der Waals surface area contributed by atoms with Crippen molar-refractivity contribution in [2.45, 2.75) is 32.6 Å². The summed E-state index contributed by atoms with van der Waals surface area (Å²) in [6.45, 7) is 11.7. The molecule has 1 aromatic rings. The number of benzene rings is 1. The Morgan fingerprint density at radius 3 is 2.21 bits per heavy atom. The summed E-state index contributed by atoms with van der Waals surface area (Å²) in [6, 6.07) is 6.21. The summed E-state index contributed by atoms with van der Waals surface area (Å²) in [6.07, 6.45) is 0. The zero-order chi connectivity index (χ0) is 18.2. The molecule has 1 rings (SSSR count).